The first-order valence-corrected chi connectivity index (χ1v) is 8.18. The molecule has 1 atom stereocenters. The Labute approximate surface area is 150 Å². The molecular formula is C17H25Cl2N3O. The van der Waals surface area contributed by atoms with Gasteiger partial charge < -0.3 is 15.5 Å². The second-order valence-electron chi connectivity index (χ2n) is 6.64. The van der Waals surface area contributed by atoms with Crippen LogP contribution in [0.5, 0.6) is 0 Å². The van der Waals surface area contributed by atoms with E-state index in [4.69, 9.17) is 0 Å². The van der Waals surface area contributed by atoms with Gasteiger partial charge in [0.05, 0.1) is 0 Å². The molecule has 0 radical (unpaired) electrons. The quantitative estimate of drug-likeness (QED) is 0.870. The van der Waals surface area contributed by atoms with Crippen LogP contribution in [-0.4, -0.2) is 43.0 Å². The van der Waals surface area contributed by atoms with Crippen molar-refractivity contribution in [3.63, 3.8) is 0 Å². The molecule has 128 valence electrons. The molecule has 2 N–H and O–H groups in total. The molecule has 23 heavy (non-hydrogen) atoms. The molecule has 0 spiro atoms. The van der Waals surface area contributed by atoms with Gasteiger partial charge >= 0.3 is 0 Å². The smallest absolute Gasteiger partial charge is 0.251 e. The summed E-state index contributed by atoms with van der Waals surface area (Å²) in [6.07, 6.45) is 5.00. The van der Waals surface area contributed by atoms with E-state index in [1.54, 1.807) is 0 Å². The first kappa shape index (κ1) is 18.4. The van der Waals surface area contributed by atoms with Crippen LogP contribution in [0.25, 0.3) is 0 Å². The largest absolute Gasteiger partial charge is 0.384 e. The third-order valence-electron chi connectivity index (χ3n) is 5.01. The molecule has 4 nitrogen and oxygen atoms in total. The van der Waals surface area contributed by atoms with Gasteiger partial charge in [0.15, 0.2) is 0 Å². The molecule has 6 heteroatoms. The number of rotatable bonds is 4. The number of hydrogen-bond donors (Lipinski definition) is 2. The average molecular weight is 358 g/mol. The molecule has 2 heterocycles. The molecule has 2 aliphatic heterocycles. The molecule has 0 bridgehead atoms. The van der Waals surface area contributed by atoms with Crippen molar-refractivity contribution in [3.8, 4) is 0 Å². The zero-order valence-corrected chi connectivity index (χ0v) is 14.8. The lowest BCUT2D eigenvalue weighted by Gasteiger charge is -2.15. The van der Waals surface area contributed by atoms with Gasteiger partial charge in [-0.25, -0.2) is 0 Å². The summed E-state index contributed by atoms with van der Waals surface area (Å²) in [5.74, 6) is 0.709. The standard InChI is InChI=1S/C17H23N3O.2ClH/c21-17(14-1-4-16-13(9-14)5-7-18-16)19-10-12-6-8-20(11-12)15-2-3-15;;/h1,4,9,12,15,18H,2-3,5-8,10-11H2,(H,19,21);2*1H. The van der Waals surface area contributed by atoms with E-state index in [0.717, 1.165) is 31.1 Å². The third kappa shape index (κ3) is 4.11. The van der Waals surface area contributed by atoms with Crippen molar-refractivity contribution in [3.05, 3.63) is 29.3 Å². The molecule has 2 fully saturated rings. The number of nitrogens with zero attached hydrogens (tertiary/aromatic N) is 1. The normalized spacial score (nSPS) is 22.5. The number of fused-ring (bicyclic) bond motifs is 1. The molecule has 1 saturated heterocycles. The minimum atomic E-state index is 0. The number of carbonyl (C=O) groups excluding carboxylic acids is 1. The fourth-order valence-corrected chi connectivity index (χ4v) is 3.59. The zero-order valence-electron chi connectivity index (χ0n) is 13.2. The summed E-state index contributed by atoms with van der Waals surface area (Å²) in [4.78, 5) is 14.9. The Kier molecular flexibility index (Phi) is 6.18. The van der Waals surface area contributed by atoms with Gasteiger partial charge in [-0.2, -0.15) is 0 Å². The lowest BCUT2D eigenvalue weighted by Crippen LogP contribution is -2.31. The monoisotopic (exact) mass is 357 g/mol. The molecule has 0 aromatic heterocycles. The summed E-state index contributed by atoms with van der Waals surface area (Å²) >= 11 is 0. The maximum atomic E-state index is 12.3. The Morgan fingerprint density at radius 3 is 2.87 bits per heavy atom. The van der Waals surface area contributed by atoms with Crippen LogP contribution in [0, 0.1) is 5.92 Å². The number of halogens is 2. The Bertz CT molecular complexity index is 563. The fourth-order valence-electron chi connectivity index (χ4n) is 3.59. The molecule has 1 unspecified atom stereocenters. The summed E-state index contributed by atoms with van der Waals surface area (Å²) in [6, 6.07) is 6.85. The van der Waals surface area contributed by atoms with Crippen molar-refractivity contribution < 1.29 is 4.79 Å². The molecule has 1 aliphatic carbocycles. The number of carbonyl (C=O) groups is 1. The van der Waals surface area contributed by atoms with Crippen LogP contribution in [0.4, 0.5) is 5.69 Å². The lowest BCUT2D eigenvalue weighted by atomic mass is 10.1. The van der Waals surface area contributed by atoms with E-state index in [1.807, 2.05) is 18.2 Å². The number of amides is 1. The van der Waals surface area contributed by atoms with Crippen LogP contribution in [0.15, 0.2) is 18.2 Å². The van der Waals surface area contributed by atoms with Crippen molar-refractivity contribution in [2.75, 3.05) is 31.5 Å². The van der Waals surface area contributed by atoms with Crippen LogP contribution in [0.1, 0.15) is 35.2 Å². The van der Waals surface area contributed by atoms with Gasteiger partial charge in [0.25, 0.3) is 5.91 Å². The van der Waals surface area contributed by atoms with E-state index in [-0.39, 0.29) is 30.7 Å². The Hall–Kier alpha value is -0.970. The van der Waals surface area contributed by atoms with E-state index in [9.17, 15) is 4.79 Å². The summed E-state index contributed by atoms with van der Waals surface area (Å²) in [7, 11) is 0. The van der Waals surface area contributed by atoms with Gasteiger partial charge in [0.2, 0.25) is 0 Å². The van der Waals surface area contributed by atoms with Crippen molar-refractivity contribution in [2.45, 2.75) is 31.7 Å². The minimum absolute atomic E-state index is 0. The topological polar surface area (TPSA) is 44.4 Å². The highest BCUT2D eigenvalue weighted by Crippen LogP contribution is 2.31. The second kappa shape index (κ2) is 7.73. The first-order valence-electron chi connectivity index (χ1n) is 8.18. The first-order chi connectivity index (χ1) is 10.3. The number of likely N-dealkylation sites (tertiary alicyclic amines) is 1. The molecular weight excluding hydrogens is 333 g/mol. The highest BCUT2D eigenvalue weighted by Gasteiger charge is 2.34. The van der Waals surface area contributed by atoms with E-state index in [0.29, 0.717) is 5.92 Å². The summed E-state index contributed by atoms with van der Waals surface area (Å²) in [5.41, 5.74) is 3.25. The Morgan fingerprint density at radius 1 is 1.26 bits per heavy atom. The van der Waals surface area contributed by atoms with Crippen LogP contribution in [0.2, 0.25) is 0 Å². The minimum Gasteiger partial charge on any atom is -0.384 e. The number of hydrogen-bond acceptors (Lipinski definition) is 3. The van der Waals surface area contributed by atoms with Crippen molar-refractivity contribution >= 4 is 36.4 Å². The Morgan fingerprint density at radius 2 is 2.09 bits per heavy atom. The van der Waals surface area contributed by atoms with E-state index in [1.165, 1.54) is 43.6 Å². The average Bonchev–Trinajstić information content (AvgIpc) is 3.07. The van der Waals surface area contributed by atoms with Gasteiger partial charge in [0.1, 0.15) is 0 Å². The predicted octanol–water partition coefficient (Wildman–Crippen LogP) is 2.71. The molecule has 3 aliphatic rings. The van der Waals surface area contributed by atoms with Gasteiger partial charge in [-0.3, -0.25) is 4.79 Å². The maximum Gasteiger partial charge on any atom is 0.251 e. The number of nitrogens with one attached hydrogen (secondary N) is 2. The van der Waals surface area contributed by atoms with E-state index >= 15 is 0 Å². The number of anilines is 1. The molecule has 1 amide bonds. The fraction of sp³-hybridized carbons (Fsp3) is 0.588. The third-order valence-corrected chi connectivity index (χ3v) is 5.01. The van der Waals surface area contributed by atoms with E-state index < -0.39 is 0 Å². The molecule has 1 aromatic carbocycles. The summed E-state index contributed by atoms with van der Waals surface area (Å²) in [5, 5.41) is 6.45. The molecule has 1 saturated carbocycles. The van der Waals surface area contributed by atoms with Crippen molar-refractivity contribution in [1.29, 1.82) is 0 Å². The van der Waals surface area contributed by atoms with Gasteiger partial charge in [-0.1, -0.05) is 0 Å². The van der Waals surface area contributed by atoms with Crippen LogP contribution < -0.4 is 10.6 Å². The summed E-state index contributed by atoms with van der Waals surface area (Å²) in [6.45, 7) is 4.19. The predicted molar refractivity (Wildman–Crippen MR) is 98.2 cm³/mol. The van der Waals surface area contributed by atoms with Crippen LogP contribution >= 0.6 is 24.8 Å². The number of benzene rings is 1. The van der Waals surface area contributed by atoms with Crippen molar-refractivity contribution in [2.24, 2.45) is 5.92 Å². The SMILES string of the molecule is Cl.Cl.O=C(NCC1CCN(C2CC2)C1)c1ccc2c(c1)CCN2. The maximum absolute atomic E-state index is 12.3. The van der Waals surface area contributed by atoms with Gasteiger partial charge in [-0.15, -0.1) is 24.8 Å². The molecule has 1 aromatic rings. The lowest BCUT2D eigenvalue weighted by molar-refractivity contribution is 0.0947. The van der Waals surface area contributed by atoms with Crippen molar-refractivity contribution in [1.82, 2.24) is 10.2 Å². The van der Waals surface area contributed by atoms with Crippen LogP contribution in [-0.2, 0) is 6.42 Å². The Balaban J connectivity index is 0.000000960. The van der Waals surface area contributed by atoms with Gasteiger partial charge in [-0.05, 0) is 61.9 Å². The molecule has 4 rings (SSSR count). The van der Waals surface area contributed by atoms with Gasteiger partial charge in [0, 0.05) is 36.9 Å². The second-order valence-corrected chi connectivity index (χ2v) is 6.64. The zero-order chi connectivity index (χ0) is 14.2. The van der Waals surface area contributed by atoms with E-state index in [2.05, 4.69) is 15.5 Å². The highest BCUT2D eigenvalue weighted by atomic mass is 35.5. The highest BCUT2D eigenvalue weighted by molar-refractivity contribution is 5.95. The summed E-state index contributed by atoms with van der Waals surface area (Å²) < 4.78 is 0. The van der Waals surface area contributed by atoms with Crippen LogP contribution in [0.3, 0.4) is 0 Å².